The largest absolute Gasteiger partial charge is 0.205 e. The highest BCUT2D eigenvalue weighted by molar-refractivity contribution is 9.10. The Morgan fingerprint density at radius 2 is 1.75 bits per heavy atom. The van der Waals surface area contributed by atoms with E-state index in [-0.39, 0.29) is 4.47 Å². The van der Waals surface area contributed by atoms with Crippen molar-refractivity contribution < 1.29 is 13.2 Å². The Hall–Kier alpha value is -1.79. The number of nitrogens with zero attached hydrogens (tertiary/aromatic N) is 2. The van der Waals surface area contributed by atoms with Crippen molar-refractivity contribution in [2.75, 3.05) is 0 Å². The van der Waals surface area contributed by atoms with Gasteiger partial charge in [-0.15, -0.1) is 0 Å². The van der Waals surface area contributed by atoms with E-state index in [9.17, 15) is 13.2 Å². The fourth-order valence-electron chi connectivity index (χ4n) is 0.952. The van der Waals surface area contributed by atoms with Gasteiger partial charge in [0.1, 0.15) is 23.5 Å². The number of halogens is 4. The van der Waals surface area contributed by atoms with Crippen molar-refractivity contribution in [1.29, 1.82) is 10.5 Å². The summed E-state index contributed by atoms with van der Waals surface area (Å²) in [6.07, 6.45) is 0.651. The Balaban J connectivity index is 3.53. The predicted octanol–water partition coefficient (Wildman–Crippen LogP) is 3.30. The Morgan fingerprint density at radius 1 is 1.19 bits per heavy atom. The Bertz CT molecular complexity index is 510. The molecule has 0 N–H and O–H groups in total. The summed E-state index contributed by atoms with van der Waals surface area (Å²) in [5, 5.41) is 16.8. The molecule has 0 unspecified atom stereocenters. The maximum Gasteiger partial charge on any atom is 0.169 e. The van der Waals surface area contributed by atoms with Crippen molar-refractivity contribution in [1.82, 2.24) is 0 Å². The summed E-state index contributed by atoms with van der Waals surface area (Å²) in [5.74, 6) is -3.78. The monoisotopic (exact) mass is 286 g/mol. The van der Waals surface area contributed by atoms with Crippen molar-refractivity contribution in [3.8, 4) is 12.1 Å². The first kappa shape index (κ1) is 12.3. The van der Waals surface area contributed by atoms with Crippen LogP contribution in [0.5, 0.6) is 0 Å². The Kier molecular flexibility index (Phi) is 3.70. The normalized spacial score (nSPS) is 9.12. The molecule has 1 aromatic carbocycles. The second-order valence-corrected chi connectivity index (χ2v) is 3.52. The first-order valence-corrected chi connectivity index (χ1v) is 4.65. The molecule has 0 spiro atoms. The van der Waals surface area contributed by atoms with Crippen LogP contribution in [0.4, 0.5) is 13.2 Å². The molecule has 1 aromatic rings. The highest BCUT2D eigenvalue weighted by Gasteiger charge is 2.16. The molecular weight excluding hydrogens is 285 g/mol. The number of rotatable bonds is 1. The molecule has 0 bridgehead atoms. The average molecular weight is 287 g/mol. The molecule has 0 saturated carbocycles. The Morgan fingerprint density at radius 3 is 2.25 bits per heavy atom. The van der Waals surface area contributed by atoms with Gasteiger partial charge in [-0.05, 0) is 28.1 Å². The molecule has 0 aliphatic heterocycles. The van der Waals surface area contributed by atoms with E-state index in [0.29, 0.717) is 12.1 Å². The third-order valence-electron chi connectivity index (χ3n) is 1.68. The number of benzene rings is 1. The van der Waals surface area contributed by atoms with Crippen molar-refractivity contribution in [2.45, 2.75) is 0 Å². The highest BCUT2D eigenvalue weighted by atomic mass is 79.9. The molecule has 2 nitrogen and oxygen atoms in total. The maximum atomic E-state index is 13.4. The van der Waals surface area contributed by atoms with Crippen LogP contribution in [0.3, 0.4) is 0 Å². The van der Waals surface area contributed by atoms with Crippen molar-refractivity contribution in [3.05, 3.63) is 39.1 Å². The van der Waals surface area contributed by atoms with Crippen LogP contribution in [0.2, 0.25) is 0 Å². The van der Waals surface area contributed by atoms with Crippen molar-refractivity contribution >= 4 is 22.0 Å². The number of nitriles is 2. The van der Waals surface area contributed by atoms with Crippen LogP contribution >= 0.6 is 15.9 Å². The van der Waals surface area contributed by atoms with Crippen molar-refractivity contribution in [3.63, 3.8) is 0 Å². The first-order valence-electron chi connectivity index (χ1n) is 3.86. The van der Waals surface area contributed by atoms with Crippen LogP contribution in [0.15, 0.2) is 16.1 Å². The molecule has 0 aliphatic rings. The van der Waals surface area contributed by atoms with Crippen LogP contribution in [-0.4, -0.2) is 0 Å². The zero-order chi connectivity index (χ0) is 12.3. The average Bonchev–Trinajstić information content (AvgIpc) is 2.27. The van der Waals surface area contributed by atoms with E-state index in [1.54, 1.807) is 0 Å². The molecule has 0 aromatic heterocycles. The van der Waals surface area contributed by atoms with Gasteiger partial charge in [0.15, 0.2) is 11.6 Å². The third kappa shape index (κ3) is 2.23. The van der Waals surface area contributed by atoms with Gasteiger partial charge in [0.05, 0.1) is 10.0 Å². The highest BCUT2D eigenvalue weighted by Crippen LogP contribution is 2.25. The fourth-order valence-corrected chi connectivity index (χ4v) is 1.37. The second kappa shape index (κ2) is 4.82. The summed E-state index contributed by atoms with van der Waals surface area (Å²) < 4.78 is 39.2. The summed E-state index contributed by atoms with van der Waals surface area (Å²) in [6.45, 7) is 0. The molecule has 80 valence electrons. The van der Waals surface area contributed by atoms with Gasteiger partial charge in [0, 0.05) is 0 Å². The minimum absolute atomic E-state index is 0.284. The van der Waals surface area contributed by atoms with E-state index in [2.05, 4.69) is 15.9 Å². The van der Waals surface area contributed by atoms with Crippen LogP contribution in [0.1, 0.15) is 5.56 Å². The number of allylic oxidation sites excluding steroid dienone is 1. The molecule has 6 heteroatoms. The van der Waals surface area contributed by atoms with E-state index in [4.69, 9.17) is 10.5 Å². The van der Waals surface area contributed by atoms with Gasteiger partial charge in [-0.25, -0.2) is 13.2 Å². The molecule has 0 aliphatic carbocycles. The summed E-state index contributed by atoms with van der Waals surface area (Å²) >= 11 is 2.69. The SMILES string of the molecule is N#CC(C#N)=Cc1c(F)c(F)cc(Br)c1F. The van der Waals surface area contributed by atoms with Gasteiger partial charge in [-0.3, -0.25) is 0 Å². The molecular formula is C10H2BrF3N2. The lowest BCUT2D eigenvalue weighted by atomic mass is 10.1. The minimum atomic E-state index is -1.44. The van der Waals surface area contributed by atoms with Crippen LogP contribution in [0.25, 0.3) is 6.08 Å². The lowest BCUT2D eigenvalue weighted by Gasteiger charge is -2.02. The maximum absolute atomic E-state index is 13.4. The van der Waals surface area contributed by atoms with E-state index >= 15 is 0 Å². The zero-order valence-corrected chi connectivity index (χ0v) is 9.15. The molecule has 0 fully saturated rings. The minimum Gasteiger partial charge on any atom is -0.205 e. The molecule has 1 rings (SSSR count). The third-order valence-corrected chi connectivity index (χ3v) is 2.25. The second-order valence-electron chi connectivity index (χ2n) is 2.66. The lowest BCUT2D eigenvalue weighted by Crippen LogP contribution is -1.95. The molecule has 0 radical (unpaired) electrons. The first-order chi connectivity index (χ1) is 7.51. The van der Waals surface area contributed by atoms with Crippen molar-refractivity contribution in [2.24, 2.45) is 0 Å². The summed E-state index contributed by atoms with van der Waals surface area (Å²) in [7, 11) is 0. The lowest BCUT2D eigenvalue weighted by molar-refractivity contribution is 0.490. The van der Waals surface area contributed by atoms with Crippen LogP contribution in [0, 0.1) is 40.1 Å². The smallest absolute Gasteiger partial charge is 0.169 e. The van der Waals surface area contributed by atoms with Gasteiger partial charge in [-0.2, -0.15) is 10.5 Å². The van der Waals surface area contributed by atoms with Gasteiger partial charge in [0.25, 0.3) is 0 Å². The summed E-state index contributed by atoms with van der Waals surface area (Å²) in [4.78, 5) is 0. The predicted molar refractivity (Wildman–Crippen MR) is 53.2 cm³/mol. The molecule has 0 atom stereocenters. The summed E-state index contributed by atoms with van der Waals surface area (Å²) in [5.41, 5.74) is -1.28. The number of hydrogen-bond donors (Lipinski definition) is 0. The van der Waals surface area contributed by atoms with E-state index in [1.807, 2.05) is 0 Å². The van der Waals surface area contributed by atoms with E-state index in [1.165, 1.54) is 12.1 Å². The van der Waals surface area contributed by atoms with Crippen LogP contribution in [-0.2, 0) is 0 Å². The van der Waals surface area contributed by atoms with Gasteiger partial charge < -0.3 is 0 Å². The molecule has 0 saturated heterocycles. The quantitative estimate of drug-likeness (QED) is 0.587. The van der Waals surface area contributed by atoms with Gasteiger partial charge in [0.2, 0.25) is 0 Å². The zero-order valence-electron chi connectivity index (χ0n) is 7.56. The molecule has 0 amide bonds. The number of hydrogen-bond acceptors (Lipinski definition) is 2. The summed E-state index contributed by atoms with van der Waals surface area (Å²) in [6, 6.07) is 3.47. The van der Waals surface area contributed by atoms with E-state index < -0.39 is 28.6 Å². The van der Waals surface area contributed by atoms with E-state index in [0.717, 1.165) is 0 Å². The van der Waals surface area contributed by atoms with Gasteiger partial charge >= 0.3 is 0 Å². The van der Waals surface area contributed by atoms with Gasteiger partial charge in [-0.1, -0.05) is 0 Å². The van der Waals surface area contributed by atoms with Crippen LogP contribution < -0.4 is 0 Å². The molecule has 0 heterocycles. The standard InChI is InChI=1S/C10H2BrF3N2/c11-7-2-8(12)10(14)6(9(7)13)1-5(3-15)4-16/h1-2H. The Labute approximate surface area is 97.4 Å². The fraction of sp³-hybridized carbons (Fsp3) is 0. The molecule has 16 heavy (non-hydrogen) atoms. The topological polar surface area (TPSA) is 47.6 Å².